The summed E-state index contributed by atoms with van der Waals surface area (Å²) in [5.41, 5.74) is 0.489. The molecule has 1 aromatic carbocycles. The van der Waals surface area contributed by atoms with Crippen LogP contribution in [0.15, 0.2) is 24.3 Å². The van der Waals surface area contributed by atoms with E-state index in [9.17, 15) is 13.2 Å². The molecule has 0 radical (unpaired) electrons. The zero-order chi connectivity index (χ0) is 13.3. The number of sulfonamides is 1. The van der Waals surface area contributed by atoms with Crippen LogP contribution in [0.5, 0.6) is 0 Å². The van der Waals surface area contributed by atoms with Crippen molar-refractivity contribution >= 4 is 16.0 Å². The van der Waals surface area contributed by atoms with Gasteiger partial charge in [0.2, 0.25) is 10.0 Å². The van der Waals surface area contributed by atoms with Gasteiger partial charge in [0.1, 0.15) is 0 Å². The van der Waals surface area contributed by atoms with Crippen LogP contribution >= 0.6 is 0 Å². The minimum absolute atomic E-state index is 0.0614. The van der Waals surface area contributed by atoms with Gasteiger partial charge in [-0.2, -0.15) is 4.31 Å². The Bertz CT molecular complexity index is 563. The molecule has 2 rings (SSSR count). The van der Waals surface area contributed by atoms with E-state index in [-0.39, 0.29) is 24.4 Å². The molecular formula is C11H13NO5S. The highest BCUT2D eigenvalue weighted by Gasteiger charge is 2.34. The topological polar surface area (TPSA) is 94.9 Å². The van der Waals surface area contributed by atoms with E-state index in [4.69, 9.17) is 10.2 Å². The Morgan fingerprint density at radius 2 is 2.06 bits per heavy atom. The molecule has 1 aromatic rings. The molecule has 0 aromatic heterocycles. The molecule has 0 bridgehead atoms. The smallest absolute Gasteiger partial charge is 0.335 e. The van der Waals surface area contributed by atoms with Gasteiger partial charge in [-0.05, 0) is 17.7 Å². The van der Waals surface area contributed by atoms with Crippen molar-refractivity contribution in [2.75, 3.05) is 13.1 Å². The highest BCUT2D eigenvalue weighted by atomic mass is 32.2. The first kappa shape index (κ1) is 13.0. The number of nitrogens with zero attached hydrogens (tertiary/aromatic N) is 1. The average Bonchev–Trinajstić information content (AvgIpc) is 2.24. The van der Waals surface area contributed by atoms with Crippen LogP contribution in [0.25, 0.3) is 0 Å². The van der Waals surface area contributed by atoms with Gasteiger partial charge in [-0.1, -0.05) is 12.1 Å². The molecule has 6 nitrogen and oxygen atoms in total. The van der Waals surface area contributed by atoms with Gasteiger partial charge < -0.3 is 10.2 Å². The van der Waals surface area contributed by atoms with Crippen LogP contribution in [0.1, 0.15) is 15.9 Å². The molecule has 98 valence electrons. The summed E-state index contributed by atoms with van der Waals surface area (Å²) in [5.74, 6) is -1.34. The minimum Gasteiger partial charge on any atom is -0.478 e. The number of hydrogen-bond donors (Lipinski definition) is 2. The van der Waals surface area contributed by atoms with Crippen LogP contribution in [-0.2, 0) is 15.8 Å². The molecule has 0 saturated carbocycles. The predicted octanol–water partition coefficient (Wildman–Crippen LogP) is -0.109. The minimum atomic E-state index is -3.47. The number of rotatable bonds is 4. The molecular weight excluding hydrogens is 258 g/mol. The lowest BCUT2D eigenvalue weighted by atomic mass is 10.1. The zero-order valence-electron chi connectivity index (χ0n) is 9.48. The van der Waals surface area contributed by atoms with E-state index >= 15 is 0 Å². The predicted molar refractivity (Wildman–Crippen MR) is 63.6 cm³/mol. The summed E-state index contributed by atoms with van der Waals surface area (Å²) in [6.45, 7) is 0.224. The Balaban J connectivity index is 2.14. The second-order valence-electron chi connectivity index (χ2n) is 4.23. The Hall–Kier alpha value is -1.44. The monoisotopic (exact) mass is 271 g/mol. The third-order valence-electron chi connectivity index (χ3n) is 2.75. The summed E-state index contributed by atoms with van der Waals surface area (Å²) in [5, 5.41) is 17.9. The standard InChI is InChI=1S/C11H13NO5S/c13-10-5-12(6-10)18(16,17)7-8-2-1-3-9(4-8)11(14)15/h1-4,10,13H,5-7H2,(H,14,15). The Kier molecular flexibility index (Phi) is 3.38. The molecule has 18 heavy (non-hydrogen) atoms. The van der Waals surface area contributed by atoms with Gasteiger partial charge in [-0.15, -0.1) is 0 Å². The van der Waals surface area contributed by atoms with Crippen LogP contribution in [0.4, 0.5) is 0 Å². The maximum atomic E-state index is 11.9. The quantitative estimate of drug-likeness (QED) is 0.796. The molecule has 1 heterocycles. The number of hydrogen-bond acceptors (Lipinski definition) is 4. The van der Waals surface area contributed by atoms with Gasteiger partial charge in [0.25, 0.3) is 0 Å². The highest BCUT2D eigenvalue weighted by molar-refractivity contribution is 7.88. The molecule has 0 spiro atoms. The van der Waals surface area contributed by atoms with E-state index in [1.165, 1.54) is 22.5 Å². The van der Waals surface area contributed by atoms with Crippen molar-refractivity contribution in [1.82, 2.24) is 4.31 Å². The van der Waals surface area contributed by atoms with Crippen molar-refractivity contribution in [2.45, 2.75) is 11.9 Å². The molecule has 0 aliphatic carbocycles. The van der Waals surface area contributed by atoms with Crippen molar-refractivity contribution in [3.05, 3.63) is 35.4 Å². The van der Waals surface area contributed by atoms with Crippen LogP contribution in [-0.4, -0.2) is 48.1 Å². The van der Waals surface area contributed by atoms with Gasteiger partial charge >= 0.3 is 5.97 Å². The summed E-state index contributed by atoms with van der Waals surface area (Å²) >= 11 is 0. The van der Waals surface area contributed by atoms with E-state index in [0.717, 1.165) is 0 Å². The normalized spacial score (nSPS) is 17.4. The maximum Gasteiger partial charge on any atom is 0.335 e. The number of benzene rings is 1. The number of β-amino-alcohol motifs (C(OH)–C–C–N with tert-alkyl or cyclic N) is 1. The molecule has 1 aliphatic rings. The maximum absolute atomic E-state index is 11.9. The summed E-state index contributed by atoms with van der Waals surface area (Å²) in [4.78, 5) is 10.8. The first-order chi connectivity index (χ1) is 8.38. The van der Waals surface area contributed by atoms with Gasteiger partial charge in [-0.3, -0.25) is 0 Å². The molecule has 1 aliphatic heterocycles. The average molecular weight is 271 g/mol. The van der Waals surface area contributed by atoms with E-state index < -0.39 is 22.1 Å². The summed E-state index contributed by atoms with van der Waals surface area (Å²) in [6, 6.07) is 5.83. The summed E-state index contributed by atoms with van der Waals surface area (Å²) in [7, 11) is -3.47. The largest absolute Gasteiger partial charge is 0.478 e. The lowest BCUT2D eigenvalue weighted by Crippen LogP contribution is -2.53. The molecule has 1 fully saturated rings. The molecule has 2 N–H and O–H groups in total. The number of carboxylic acid groups (broad SMARTS) is 1. The van der Waals surface area contributed by atoms with E-state index in [0.29, 0.717) is 5.56 Å². The van der Waals surface area contributed by atoms with Crippen LogP contribution in [0.3, 0.4) is 0 Å². The lowest BCUT2D eigenvalue weighted by molar-refractivity contribution is 0.0547. The Labute approximate surface area is 105 Å². The van der Waals surface area contributed by atoms with Gasteiger partial charge in [0.15, 0.2) is 0 Å². The van der Waals surface area contributed by atoms with Crippen molar-refractivity contribution in [1.29, 1.82) is 0 Å². The number of aromatic carboxylic acids is 1. The second-order valence-corrected chi connectivity index (χ2v) is 6.20. The highest BCUT2D eigenvalue weighted by Crippen LogP contribution is 2.18. The molecule has 1 saturated heterocycles. The first-order valence-corrected chi connectivity index (χ1v) is 6.97. The number of aliphatic hydroxyl groups is 1. The lowest BCUT2D eigenvalue weighted by Gasteiger charge is -2.34. The van der Waals surface area contributed by atoms with Crippen molar-refractivity contribution in [2.24, 2.45) is 0 Å². The summed E-state index contributed by atoms with van der Waals surface area (Å²) in [6.07, 6.45) is -0.592. The second kappa shape index (κ2) is 4.68. The number of carboxylic acids is 1. The fourth-order valence-corrected chi connectivity index (χ4v) is 3.32. The van der Waals surface area contributed by atoms with Crippen LogP contribution < -0.4 is 0 Å². The fraction of sp³-hybridized carbons (Fsp3) is 0.364. The van der Waals surface area contributed by atoms with Crippen LogP contribution in [0, 0.1) is 0 Å². The van der Waals surface area contributed by atoms with Gasteiger partial charge in [0.05, 0.1) is 17.4 Å². The fourth-order valence-electron chi connectivity index (χ4n) is 1.74. The molecule has 0 unspecified atom stereocenters. The number of carbonyl (C=O) groups is 1. The van der Waals surface area contributed by atoms with Crippen molar-refractivity contribution < 1.29 is 23.4 Å². The molecule has 0 atom stereocenters. The van der Waals surface area contributed by atoms with Gasteiger partial charge in [0, 0.05) is 13.1 Å². The zero-order valence-corrected chi connectivity index (χ0v) is 10.3. The SMILES string of the molecule is O=C(O)c1cccc(CS(=O)(=O)N2CC(O)C2)c1. The Morgan fingerprint density at radius 3 is 2.61 bits per heavy atom. The molecule has 0 amide bonds. The van der Waals surface area contributed by atoms with Crippen molar-refractivity contribution in [3.63, 3.8) is 0 Å². The molecule has 7 heteroatoms. The van der Waals surface area contributed by atoms with E-state index in [1.54, 1.807) is 6.07 Å². The van der Waals surface area contributed by atoms with E-state index in [2.05, 4.69) is 0 Å². The van der Waals surface area contributed by atoms with Crippen molar-refractivity contribution in [3.8, 4) is 0 Å². The number of aliphatic hydroxyl groups excluding tert-OH is 1. The first-order valence-electron chi connectivity index (χ1n) is 5.36. The van der Waals surface area contributed by atoms with Gasteiger partial charge in [-0.25, -0.2) is 13.2 Å². The summed E-state index contributed by atoms with van der Waals surface area (Å²) < 4.78 is 24.9. The Morgan fingerprint density at radius 1 is 1.39 bits per heavy atom. The van der Waals surface area contributed by atoms with Crippen LogP contribution in [0.2, 0.25) is 0 Å². The third-order valence-corrected chi connectivity index (χ3v) is 4.53. The van der Waals surface area contributed by atoms with E-state index in [1.807, 2.05) is 0 Å². The third kappa shape index (κ3) is 2.69.